The number of phosphoric acid groups is 1. The van der Waals surface area contributed by atoms with E-state index in [2.05, 4.69) is 21.8 Å². The lowest BCUT2D eigenvalue weighted by molar-refractivity contribution is -0.146. The Morgan fingerprint density at radius 3 is 2.60 bits per heavy atom. The molecule has 1 fully saturated rings. The van der Waals surface area contributed by atoms with Gasteiger partial charge in [-0.25, -0.2) is 27.4 Å². The second kappa shape index (κ2) is 13.9. The van der Waals surface area contributed by atoms with Gasteiger partial charge in [0.05, 0.1) is 30.7 Å². The van der Waals surface area contributed by atoms with Gasteiger partial charge in [-0.2, -0.15) is 5.10 Å². The molecule has 3 aromatic rings. The number of aliphatic imine (C=N–C) groups is 1. The van der Waals surface area contributed by atoms with Crippen LogP contribution in [0.4, 0.5) is 18.9 Å². The SMILES string of the molecule is C=Nc1ccc(/C=C/C=C/C2OCC(SC(C)[C@@](Cn3cncn3)(OP(=O)(O)O)c3ccc(F)cc3F)CO2)c(F)c1. The highest BCUT2D eigenvalue weighted by molar-refractivity contribution is 8.00. The second-order valence-electron chi connectivity index (χ2n) is 9.23. The lowest BCUT2D eigenvalue weighted by Gasteiger charge is -2.40. The van der Waals surface area contributed by atoms with Crippen molar-refractivity contribution < 1.29 is 41.5 Å². The molecule has 2 atom stereocenters. The van der Waals surface area contributed by atoms with Crippen LogP contribution in [0.15, 0.2) is 72.3 Å². The molecule has 0 radical (unpaired) electrons. The molecule has 10 nitrogen and oxygen atoms in total. The van der Waals surface area contributed by atoms with E-state index < -0.39 is 42.4 Å². The molecule has 0 aliphatic carbocycles. The van der Waals surface area contributed by atoms with Crippen LogP contribution in [0, 0.1) is 17.5 Å². The van der Waals surface area contributed by atoms with Crippen LogP contribution in [0.5, 0.6) is 0 Å². The summed E-state index contributed by atoms with van der Waals surface area (Å²) >= 11 is 1.20. The Hall–Kier alpha value is -3.10. The zero-order valence-electron chi connectivity index (χ0n) is 22.3. The summed E-state index contributed by atoms with van der Waals surface area (Å²) in [5.74, 6) is -2.34. The van der Waals surface area contributed by atoms with Gasteiger partial charge in [0.15, 0.2) is 6.29 Å². The van der Waals surface area contributed by atoms with Crippen molar-refractivity contribution in [3.05, 3.63) is 95.9 Å². The van der Waals surface area contributed by atoms with Crippen molar-refractivity contribution in [1.82, 2.24) is 14.8 Å². The highest BCUT2D eigenvalue weighted by atomic mass is 32.2. The van der Waals surface area contributed by atoms with Crippen molar-refractivity contribution in [2.75, 3.05) is 13.2 Å². The van der Waals surface area contributed by atoms with E-state index >= 15 is 4.39 Å². The van der Waals surface area contributed by atoms with E-state index in [9.17, 15) is 23.1 Å². The summed E-state index contributed by atoms with van der Waals surface area (Å²) in [6.45, 7) is 4.99. The van der Waals surface area contributed by atoms with Crippen molar-refractivity contribution >= 4 is 38.1 Å². The molecule has 1 aromatic heterocycles. The van der Waals surface area contributed by atoms with Gasteiger partial charge in [-0.1, -0.05) is 31.2 Å². The van der Waals surface area contributed by atoms with E-state index in [0.717, 1.165) is 12.1 Å². The van der Waals surface area contributed by atoms with Gasteiger partial charge < -0.3 is 19.3 Å². The van der Waals surface area contributed by atoms with Gasteiger partial charge in [0, 0.05) is 28.5 Å². The lowest BCUT2D eigenvalue weighted by Crippen LogP contribution is -2.45. The number of phosphoric ester groups is 1. The normalized spacial score (nSPS) is 20.1. The van der Waals surface area contributed by atoms with Crippen molar-refractivity contribution in [2.24, 2.45) is 4.99 Å². The number of thioether (sulfide) groups is 1. The number of hydrogen-bond acceptors (Lipinski definition) is 8. The summed E-state index contributed by atoms with van der Waals surface area (Å²) in [5, 5.41) is 2.81. The van der Waals surface area contributed by atoms with Crippen molar-refractivity contribution in [3.8, 4) is 0 Å². The average Bonchev–Trinajstić information content (AvgIpc) is 3.44. The molecule has 2 aromatic carbocycles. The summed E-state index contributed by atoms with van der Waals surface area (Å²) in [4.78, 5) is 27.2. The summed E-state index contributed by atoms with van der Waals surface area (Å²) in [7, 11) is -5.21. The number of rotatable bonds is 12. The van der Waals surface area contributed by atoms with Gasteiger partial charge in [-0.3, -0.25) is 9.52 Å². The Kier molecular flexibility index (Phi) is 10.5. The monoisotopic (exact) mass is 624 g/mol. The van der Waals surface area contributed by atoms with E-state index in [0.29, 0.717) is 17.3 Å². The van der Waals surface area contributed by atoms with Crippen LogP contribution in [-0.4, -0.2) is 61.3 Å². The van der Waals surface area contributed by atoms with E-state index in [1.807, 2.05) is 0 Å². The number of benzene rings is 2. The minimum atomic E-state index is -5.21. The van der Waals surface area contributed by atoms with Crippen molar-refractivity contribution in [1.29, 1.82) is 0 Å². The molecule has 2 N–H and O–H groups in total. The first kappa shape index (κ1) is 31.8. The van der Waals surface area contributed by atoms with Crippen LogP contribution < -0.4 is 0 Å². The summed E-state index contributed by atoms with van der Waals surface area (Å²) in [5.41, 5.74) is -1.46. The standard InChI is InChI=1S/C27H28F3N4O6PS/c1-18(27(40-41(35,36)37,15-34-17-32-16-33-34)23-10-8-20(28)11-25(23)30)42-22-13-38-26(39-14-22)6-4-3-5-19-7-9-21(31-2)12-24(19)29/h3-12,16-18,22,26H,2,13-15H2,1H3,(H2,35,36,37)/b5-3+,6-4+/t18?,22?,26?,27-/m1/s1. The van der Waals surface area contributed by atoms with Crippen LogP contribution in [0.3, 0.4) is 0 Å². The fourth-order valence-electron chi connectivity index (χ4n) is 4.34. The molecule has 2 heterocycles. The second-order valence-corrected chi connectivity index (χ2v) is 12.0. The largest absolute Gasteiger partial charge is 0.470 e. The molecule has 0 bridgehead atoms. The first-order valence-electron chi connectivity index (χ1n) is 12.5. The number of aromatic nitrogens is 3. The zero-order valence-corrected chi connectivity index (χ0v) is 24.0. The van der Waals surface area contributed by atoms with Crippen molar-refractivity contribution in [2.45, 2.75) is 35.9 Å². The number of allylic oxidation sites excluding steroid dienone is 2. The summed E-state index contributed by atoms with van der Waals surface area (Å²) < 4.78 is 73.2. The maximum absolute atomic E-state index is 15.1. The Morgan fingerprint density at radius 2 is 1.98 bits per heavy atom. The van der Waals surface area contributed by atoms with E-state index in [4.69, 9.17) is 14.0 Å². The molecule has 0 amide bonds. The Balaban J connectivity index is 1.46. The first-order valence-corrected chi connectivity index (χ1v) is 15.0. The fraction of sp³-hybridized carbons (Fsp3) is 0.296. The van der Waals surface area contributed by atoms with Gasteiger partial charge in [0.25, 0.3) is 0 Å². The zero-order chi connectivity index (χ0) is 30.3. The lowest BCUT2D eigenvalue weighted by atomic mass is 9.90. The van der Waals surface area contributed by atoms with Gasteiger partial charge in [-0.15, -0.1) is 11.8 Å². The van der Waals surface area contributed by atoms with Crippen LogP contribution in [-0.2, 0) is 30.7 Å². The molecular formula is C27H28F3N4O6PS. The minimum absolute atomic E-state index is 0.180. The third-order valence-corrected chi connectivity index (χ3v) is 8.31. The van der Waals surface area contributed by atoms with Gasteiger partial charge in [0.2, 0.25) is 0 Å². The third-order valence-electron chi connectivity index (χ3n) is 6.30. The maximum Gasteiger partial charge on any atom is 0.470 e. The molecule has 1 aliphatic rings. The third kappa shape index (κ3) is 8.26. The summed E-state index contributed by atoms with van der Waals surface area (Å²) in [6.07, 6.45) is 8.29. The molecule has 15 heteroatoms. The molecule has 0 spiro atoms. The molecule has 1 saturated heterocycles. The molecular weight excluding hydrogens is 596 g/mol. The van der Waals surface area contributed by atoms with Crippen LogP contribution in [0.25, 0.3) is 6.08 Å². The quantitative estimate of drug-likeness (QED) is 0.159. The highest BCUT2D eigenvalue weighted by Gasteiger charge is 2.48. The van der Waals surface area contributed by atoms with E-state index in [-0.39, 0.29) is 30.6 Å². The molecule has 4 rings (SSSR count). The number of ether oxygens (including phenoxy) is 2. The van der Waals surface area contributed by atoms with Crippen LogP contribution >= 0.6 is 19.6 Å². The van der Waals surface area contributed by atoms with Gasteiger partial charge >= 0.3 is 7.82 Å². The maximum atomic E-state index is 15.1. The van der Waals surface area contributed by atoms with E-state index in [1.54, 1.807) is 43.4 Å². The number of hydrogen-bond donors (Lipinski definition) is 2. The molecule has 1 unspecified atom stereocenters. The Bertz CT molecular complexity index is 1480. The predicted molar refractivity (Wildman–Crippen MR) is 152 cm³/mol. The first-order chi connectivity index (χ1) is 20.0. The fourth-order valence-corrected chi connectivity index (χ4v) is 6.51. The molecule has 1 aliphatic heterocycles. The minimum Gasteiger partial charge on any atom is -0.348 e. The average molecular weight is 625 g/mol. The van der Waals surface area contributed by atoms with Gasteiger partial charge in [0.1, 0.15) is 35.7 Å². The van der Waals surface area contributed by atoms with Gasteiger partial charge in [-0.05, 0) is 31.0 Å². The highest BCUT2D eigenvalue weighted by Crippen LogP contribution is 2.51. The molecule has 0 saturated carbocycles. The summed E-state index contributed by atoms with van der Waals surface area (Å²) in [6, 6.07) is 7.19. The molecule has 224 valence electrons. The number of nitrogens with zero attached hydrogens (tertiary/aromatic N) is 4. The number of halogens is 3. The van der Waals surface area contributed by atoms with Crippen LogP contribution in [0.1, 0.15) is 18.1 Å². The van der Waals surface area contributed by atoms with Crippen molar-refractivity contribution in [3.63, 3.8) is 0 Å². The predicted octanol–water partition coefficient (Wildman–Crippen LogP) is 5.17. The molecule has 42 heavy (non-hydrogen) atoms. The van der Waals surface area contributed by atoms with E-state index in [1.165, 1.54) is 35.2 Å². The Morgan fingerprint density at radius 1 is 1.21 bits per heavy atom. The van der Waals surface area contributed by atoms with Crippen LogP contribution in [0.2, 0.25) is 0 Å². The Labute approximate surface area is 244 Å². The smallest absolute Gasteiger partial charge is 0.348 e. The topological polar surface area (TPSA) is 128 Å².